The van der Waals surface area contributed by atoms with Gasteiger partial charge in [-0.25, -0.2) is 0 Å². The zero-order valence-electron chi connectivity index (χ0n) is 7.47. The van der Waals surface area contributed by atoms with Crippen molar-refractivity contribution in [3.05, 3.63) is 9.66 Å². The Kier molecular flexibility index (Phi) is 4.19. The van der Waals surface area contributed by atoms with Gasteiger partial charge in [-0.1, -0.05) is 22.6 Å². The number of aliphatic hydroxyl groups excluding tert-OH is 1. The summed E-state index contributed by atoms with van der Waals surface area (Å²) in [4.78, 5) is 10.9. The molecule has 0 heterocycles. The molecule has 12 heavy (non-hydrogen) atoms. The summed E-state index contributed by atoms with van der Waals surface area (Å²) in [6.07, 6.45) is -0.799. The van der Waals surface area contributed by atoms with Gasteiger partial charge in [0.05, 0.1) is 11.5 Å². The zero-order chi connectivity index (χ0) is 9.94. The molecule has 4 heteroatoms. The quantitative estimate of drug-likeness (QED) is 0.764. The minimum atomic E-state index is -0.897. The monoisotopic (exact) mass is 283 g/mol. The molecule has 0 aliphatic carbocycles. The van der Waals surface area contributed by atoms with Crippen LogP contribution >= 0.6 is 22.6 Å². The number of carbonyl (C=O) groups is 1. The fourth-order valence-electron chi connectivity index (χ4n) is 0.764. The molecule has 0 aromatic rings. The third-order valence-electron chi connectivity index (χ3n) is 1.92. The number of aliphatic hydroxyl groups is 1. The first kappa shape index (κ1) is 11.9. The lowest BCUT2D eigenvalue weighted by molar-refractivity contribution is -0.130. The van der Waals surface area contributed by atoms with E-state index in [0.717, 1.165) is 5.57 Å². The Bertz CT molecular complexity index is 211. The molecule has 70 valence electrons. The predicted octanol–water partition coefficient (Wildman–Crippen LogP) is 1.20. The SMILES string of the molecule is C/C(=C/I)C(O)C(C)(C)C(N)=O. The van der Waals surface area contributed by atoms with Crippen LogP contribution in [0.3, 0.4) is 0 Å². The Morgan fingerprint density at radius 2 is 2.08 bits per heavy atom. The number of halogens is 1. The minimum Gasteiger partial charge on any atom is -0.388 e. The van der Waals surface area contributed by atoms with Gasteiger partial charge in [0.2, 0.25) is 5.91 Å². The summed E-state index contributed by atoms with van der Waals surface area (Å²) in [7, 11) is 0. The second kappa shape index (κ2) is 4.23. The molecule has 3 N–H and O–H groups in total. The van der Waals surface area contributed by atoms with Crippen molar-refractivity contribution in [2.45, 2.75) is 26.9 Å². The van der Waals surface area contributed by atoms with E-state index in [2.05, 4.69) is 0 Å². The van der Waals surface area contributed by atoms with Crippen molar-refractivity contribution in [2.75, 3.05) is 0 Å². The van der Waals surface area contributed by atoms with E-state index in [0.29, 0.717) is 0 Å². The van der Waals surface area contributed by atoms with E-state index in [1.54, 1.807) is 24.9 Å². The molecule has 0 fully saturated rings. The molecule has 0 bridgehead atoms. The van der Waals surface area contributed by atoms with Crippen LogP contribution in [0.1, 0.15) is 20.8 Å². The van der Waals surface area contributed by atoms with E-state index in [4.69, 9.17) is 5.73 Å². The summed E-state index contributed by atoms with van der Waals surface area (Å²) in [5.41, 5.74) is 4.99. The minimum absolute atomic E-state index is 0.493. The fraction of sp³-hybridized carbons (Fsp3) is 0.625. The van der Waals surface area contributed by atoms with Crippen LogP contribution in [-0.2, 0) is 4.79 Å². The molecule has 0 aromatic carbocycles. The summed E-state index contributed by atoms with van der Waals surface area (Å²) in [5, 5.41) is 9.64. The van der Waals surface area contributed by atoms with Gasteiger partial charge in [-0.3, -0.25) is 4.79 Å². The predicted molar refractivity (Wildman–Crippen MR) is 56.8 cm³/mol. The van der Waals surface area contributed by atoms with Gasteiger partial charge in [-0.2, -0.15) is 0 Å². The average molecular weight is 283 g/mol. The third-order valence-corrected chi connectivity index (χ3v) is 2.90. The molecule has 1 amide bonds. The average Bonchev–Trinajstić information content (AvgIpc) is 2.01. The number of hydrogen-bond acceptors (Lipinski definition) is 2. The van der Waals surface area contributed by atoms with Gasteiger partial charge in [-0.05, 0) is 30.4 Å². The summed E-state index contributed by atoms with van der Waals surface area (Å²) in [6, 6.07) is 0. The number of nitrogens with two attached hydrogens (primary N) is 1. The Balaban J connectivity index is 4.68. The van der Waals surface area contributed by atoms with E-state index in [1.807, 2.05) is 22.6 Å². The van der Waals surface area contributed by atoms with Crippen LogP contribution in [0.15, 0.2) is 9.66 Å². The number of rotatable bonds is 3. The normalized spacial score (nSPS) is 15.9. The molecule has 0 spiro atoms. The van der Waals surface area contributed by atoms with Crippen LogP contribution < -0.4 is 5.73 Å². The van der Waals surface area contributed by atoms with Crippen LogP contribution in [0.4, 0.5) is 0 Å². The van der Waals surface area contributed by atoms with Crippen LogP contribution in [-0.4, -0.2) is 17.1 Å². The summed E-state index contributed by atoms with van der Waals surface area (Å²) >= 11 is 2.02. The molecule has 3 nitrogen and oxygen atoms in total. The molecule has 0 saturated heterocycles. The number of hydrogen-bond donors (Lipinski definition) is 2. The van der Waals surface area contributed by atoms with E-state index >= 15 is 0 Å². The van der Waals surface area contributed by atoms with Crippen molar-refractivity contribution in [2.24, 2.45) is 11.1 Å². The Labute approximate surface area is 86.2 Å². The topological polar surface area (TPSA) is 63.3 Å². The molecule has 0 aliphatic heterocycles. The molecule has 1 atom stereocenters. The lowest BCUT2D eigenvalue weighted by Crippen LogP contribution is -2.42. The first-order valence-electron chi connectivity index (χ1n) is 3.59. The largest absolute Gasteiger partial charge is 0.388 e. The molecular formula is C8H14INO2. The highest BCUT2D eigenvalue weighted by atomic mass is 127. The second-order valence-electron chi connectivity index (χ2n) is 3.34. The van der Waals surface area contributed by atoms with Crippen LogP contribution in [0.5, 0.6) is 0 Å². The standard InChI is InChI=1S/C8H14INO2/c1-5(4-9)6(11)8(2,3)7(10)12/h4,6,11H,1-3H3,(H2,10,12)/b5-4-. The lowest BCUT2D eigenvalue weighted by Gasteiger charge is -2.27. The Morgan fingerprint density at radius 1 is 1.67 bits per heavy atom. The first-order valence-corrected chi connectivity index (χ1v) is 4.83. The highest BCUT2D eigenvalue weighted by Crippen LogP contribution is 2.25. The van der Waals surface area contributed by atoms with E-state index in [9.17, 15) is 9.90 Å². The van der Waals surface area contributed by atoms with Gasteiger partial charge in [-0.15, -0.1) is 0 Å². The van der Waals surface area contributed by atoms with Crippen molar-refractivity contribution in [3.63, 3.8) is 0 Å². The van der Waals surface area contributed by atoms with Crippen molar-refractivity contribution in [1.29, 1.82) is 0 Å². The van der Waals surface area contributed by atoms with Crippen LogP contribution in [0, 0.1) is 5.41 Å². The summed E-state index contributed by atoms with van der Waals surface area (Å²) in [6.45, 7) is 5.02. The van der Waals surface area contributed by atoms with Gasteiger partial charge < -0.3 is 10.8 Å². The second-order valence-corrected chi connectivity index (χ2v) is 3.96. The Hall–Kier alpha value is -0.100. The van der Waals surface area contributed by atoms with Gasteiger partial charge in [0.15, 0.2) is 0 Å². The molecular weight excluding hydrogens is 269 g/mol. The molecule has 0 aliphatic rings. The van der Waals surface area contributed by atoms with Gasteiger partial charge >= 0.3 is 0 Å². The molecule has 0 saturated carbocycles. The van der Waals surface area contributed by atoms with Crippen molar-refractivity contribution >= 4 is 28.5 Å². The lowest BCUT2D eigenvalue weighted by atomic mass is 9.83. The van der Waals surface area contributed by atoms with Crippen LogP contribution in [0.2, 0.25) is 0 Å². The number of carbonyl (C=O) groups excluding carboxylic acids is 1. The Morgan fingerprint density at radius 3 is 2.33 bits per heavy atom. The number of primary amides is 1. The summed E-state index contributed by atoms with van der Waals surface area (Å²) < 4.78 is 1.74. The van der Waals surface area contributed by atoms with E-state index in [-0.39, 0.29) is 0 Å². The molecule has 0 rings (SSSR count). The van der Waals surface area contributed by atoms with Crippen molar-refractivity contribution < 1.29 is 9.90 Å². The first-order chi connectivity index (χ1) is 5.34. The maximum atomic E-state index is 10.9. The maximum absolute atomic E-state index is 10.9. The van der Waals surface area contributed by atoms with E-state index < -0.39 is 17.4 Å². The maximum Gasteiger partial charge on any atom is 0.226 e. The zero-order valence-corrected chi connectivity index (χ0v) is 9.62. The molecule has 0 aromatic heterocycles. The number of amides is 1. The molecule has 1 unspecified atom stereocenters. The van der Waals surface area contributed by atoms with Gasteiger partial charge in [0, 0.05) is 0 Å². The molecule has 0 radical (unpaired) electrons. The van der Waals surface area contributed by atoms with Crippen molar-refractivity contribution in [1.82, 2.24) is 0 Å². The van der Waals surface area contributed by atoms with Crippen molar-refractivity contribution in [3.8, 4) is 0 Å². The van der Waals surface area contributed by atoms with Crippen LogP contribution in [0.25, 0.3) is 0 Å². The third kappa shape index (κ3) is 2.45. The van der Waals surface area contributed by atoms with Gasteiger partial charge in [0.1, 0.15) is 0 Å². The highest BCUT2D eigenvalue weighted by Gasteiger charge is 2.34. The van der Waals surface area contributed by atoms with E-state index in [1.165, 1.54) is 0 Å². The smallest absolute Gasteiger partial charge is 0.226 e. The highest BCUT2D eigenvalue weighted by molar-refractivity contribution is 14.1. The van der Waals surface area contributed by atoms with Gasteiger partial charge in [0.25, 0.3) is 0 Å². The summed E-state index contributed by atoms with van der Waals surface area (Å²) in [5.74, 6) is -0.493. The fourth-order valence-corrected chi connectivity index (χ4v) is 1.10.